The number of carbonyl (C=O) groups excluding carboxylic acids is 1. The molecule has 0 atom stereocenters. The Morgan fingerprint density at radius 3 is 2.54 bits per heavy atom. The first-order valence-electron chi connectivity index (χ1n) is 12.8. The van der Waals surface area contributed by atoms with Crippen molar-refractivity contribution in [1.82, 2.24) is 14.8 Å². The van der Waals surface area contributed by atoms with Crippen molar-refractivity contribution in [1.29, 1.82) is 5.26 Å². The number of para-hydroxylation sites is 1. The number of thiazole rings is 1. The Morgan fingerprint density at radius 2 is 1.73 bits per heavy atom. The number of halogens is 1. The highest BCUT2D eigenvalue weighted by molar-refractivity contribution is 7.15. The van der Waals surface area contributed by atoms with Crippen LogP contribution in [0.4, 0.5) is 5.13 Å². The molecule has 0 saturated carbocycles. The fraction of sp³-hybridized carbons (Fsp3) is 0.0303. The van der Waals surface area contributed by atoms with E-state index in [0.29, 0.717) is 27.8 Å². The molecular formula is C33H22ClN5OS. The molecule has 2 aromatic heterocycles. The average molecular weight is 572 g/mol. The Hall–Kier alpha value is -5.03. The molecule has 0 aliphatic carbocycles. The molecule has 0 radical (unpaired) electrons. The monoisotopic (exact) mass is 571 g/mol. The minimum Gasteiger partial charge on any atom is -0.297 e. The summed E-state index contributed by atoms with van der Waals surface area (Å²) in [6.07, 6.45) is 5.81. The number of nitriles is 1. The molecule has 0 bridgehead atoms. The lowest BCUT2D eigenvalue weighted by atomic mass is 10.0. The highest BCUT2D eigenvalue weighted by Crippen LogP contribution is 2.29. The number of hydrogen-bond acceptors (Lipinski definition) is 5. The van der Waals surface area contributed by atoms with Crippen LogP contribution in [0.15, 0.2) is 115 Å². The fourth-order valence-electron chi connectivity index (χ4n) is 4.59. The lowest BCUT2D eigenvalue weighted by Crippen LogP contribution is -2.13. The first kappa shape index (κ1) is 26.2. The van der Waals surface area contributed by atoms with Crippen molar-refractivity contribution < 1.29 is 4.79 Å². The van der Waals surface area contributed by atoms with Gasteiger partial charge in [0, 0.05) is 39.8 Å². The molecular weight excluding hydrogens is 550 g/mol. The van der Waals surface area contributed by atoms with E-state index in [1.807, 2.05) is 66.7 Å². The number of aromatic nitrogens is 3. The molecule has 0 fully saturated rings. The Kier molecular flexibility index (Phi) is 7.42. The zero-order chi connectivity index (χ0) is 28.2. The normalized spacial score (nSPS) is 11.4. The predicted octanol–water partition coefficient (Wildman–Crippen LogP) is 7.94. The molecule has 6 rings (SSSR count). The van der Waals surface area contributed by atoms with Gasteiger partial charge in [-0.15, -0.1) is 11.3 Å². The standard InChI is InChI=1S/C33H22ClN5OS/c34-27-15-13-23(14-16-27)31-26(21-39(38-31)28-10-2-1-3-11-28)17-25(19-35)32(40)37-33-36-20-29(41-33)18-24-9-6-8-22-7-4-5-12-30(22)24/h1-17,20-21H,18H2,(H,36,37,40). The van der Waals surface area contributed by atoms with E-state index in [0.717, 1.165) is 16.1 Å². The lowest BCUT2D eigenvalue weighted by Gasteiger charge is -2.04. The molecule has 0 unspecified atom stereocenters. The predicted molar refractivity (Wildman–Crippen MR) is 165 cm³/mol. The van der Waals surface area contributed by atoms with Gasteiger partial charge in [0.25, 0.3) is 5.91 Å². The van der Waals surface area contributed by atoms with Gasteiger partial charge < -0.3 is 0 Å². The highest BCUT2D eigenvalue weighted by Gasteiger charge is 2.17. The summed E-state index contributed by atoms with van der Waals surface area (Å²) in [4.78, 5) is 18.6. The molecule has 2 heterocycles. The van der Waals surface area contributed by atoms with E-state index in [9.17, 15) is 10.1 Å². The average Bonchev–Trinajstić information content (AvgIpc) is 3.63. The van der Waals surface area contributed by atoms with Gasteiger partial charge in [-0.2, -0.15) is 10.4 Å². The van der Waals surface area contributed by atoms with Crippen LogP contribution in [0.25, 0.3) is 33.8 Å². The number of fused-ring (bicyclic) bond motifs is 1. The third-order valence-electron chi connectivity index (χ3n) is 6.56. The van der Waals surface area contributed by atoms with Gasteiger partial charge in [0.15, 0.2) is 5.13 Å². The van der Waals surface area contributed by atoms with Crippen molar-refractivity contribution >= 4 is 50.8 Å². The molecule has 1 N–H and O–H groups in total. The second kappa shape index (κ2) is 11.6. The fourth-order valence-corrected chi connectivity index (χ4v) is 5.54. The number of nitrogens with zero attached hydrogens (tertiary/aromatic N) is 4. The molecule has 1 amide bonds. The van der Waals surface area contributed by atoms with Crippen molar-refractivity contribution in [3.05, 3.63) is 136 Å². The second-order valence-corrected chi connectivity index (χ2v) is 10.8. The van der Waals surface area contributed by atoms with Crippen LogP contribution >= 0.6 is 22.9 Å². The molecule has 0 aliphatic rings. The Bertz CT molecular complexity index is 1930. The Morgan fingerprint density at radius 1 is 0.976 bits per heavy atom. The van der Waals surface area contributed by atoms with E-state index in [-0.39, 0.29) is 5.57 Å². The van der Waals surface area contributed by atoms with Crippen LogP contribution < -0.4 is 5.32 Å². The molecule has 4 aromatic carbocycles. The maximum Gasteiger partial charge on any atom is 0.268 e. The quantitative estimate of drug-likeness (QED) is 0.156. The topological polar surface area (TPSA) is 83.6 Å². The molecule has 41 heavy (non-hydrogen) atoms. The summed E-state index contributed by atoms with van der Waals surface area (Å²) >= 11 is 7.49. The van der Waals surface area contributed by atoms with Crippen LogP contribution in [0.3, 0.4) is 0 Å². The number of carbonyl (C=O) groups is 1. The third-order valence-corrected chi connectivity index (χ3v) is 7.73. The summed E-state index contributed by atoms with van der Waals surface area (Å²) < 4.78 is 1.73. The maximum absolute atomic E-state index is 13.2. The van der Waals surface area contributed by atoms with Gasteiger partial charge in [-0.25, -0.2) is 9.67 Å². The van der Waals surface area contributed by atoms with Gasteiger partial charge in [-0.05, 0) is 46.7 Å². The van der Waals surface area contributed by atoms with Crippen molar-refractivity contribution in [3.8, 4) is 23.0 Å². The van der Waals surface area contributed by atoms with E-state index >= 15 is 0 Å². The zero-order valence-corrected chi connectivity index (χ0v) is 23.2. The van der Waals surface area contributed by atoms with E-state index in [1.54, 1.807) is 35.3 Å². The molecule has 198 valence electrons. The van der Waals surface area contributed by atoms with Crippen molar-refractivity contribution in [2.75, 3.05) is 5.32 Å². The van der Waals surface area contributed by atoms with Crippen LogP contribution in [0.1, 0.15) is 16.0 Å². The second-order valence-electron chi connectivity index (χ2n) is 9.29. The summed E-state index contributed by atoms with van der Waals surface area (Å²) in [6, 6.07) is 33.4. The maximum atomic E-state index is 13.2. The molecule has 0 aliphatic heterocycles. The lowest BCUT2D eigenvalue weighted by molar-refractivity contribution is -0.112. The van der Waals surface area contributed by atoms with Crippen LogP contribution in [0.2, 0.25) is 5.02 Å². The van der Waals surface area contributed by atoms with Crippen LogP contribution in [-0.4, -0.2) is 20.7 Å². The van der Waals surface area contributed by atoms with E-state index in [1.165, 1.54) is 27.7 Å². The first-order chi connectivity index (χ1) is 20.1. The van der Waals surface area contributed by atoms with Crippen molar-refractivity contribution in [3.63, 3.8) is 0 Å². The summed E-state index contributed by atoms with van der Waals surface area (Å²) in [7, 11) is 0. The van der Waals surface area contributed by atoms with E-state index < -0.39 is 5.91 Å². The van der Waals surface area contributed by atoms with Crippen LogP contribution in [0.5, 0.6) is 0 Å². The molecule has 0 saturated heterocycles. The SMILES string of the molecule is N#CC(=Cc1cn(-c2ccccc2)nc1-c1ccc(Cl)cc1)C(=O)Nc1ncc(Cc2cccc3ccccc23)s1. The molecule has 6 aromatic rings. The highest BCUT2D eigenvalue weighted by atomic mass is 35.5. The number of nitrogens with one attached hydrogen (secondary N) is 1. The number of amides is 1. The van der Waals surface area contributed by atoms with Crippen molar-refractivity contribution in [2.24, 2.45) is 0 Å². The summed E-state index contributed by atoms with van der Waals surface area (Å²) in [6.45, 7) is 0. The molecule has 0 spiro atoms. The van der Waals surface area contributed by atoms with Crippen molar-refractivity contribution in [2.45, 2.75) is 6.42 Å². The number of anilines is 1. The zero-order valence-electron chi connectivity index (χ0n) is 21.7. The summed E-state index contributed by atoms with van der Waals surface area (Å²) in [5.41, 5.74) is 4.04. The van der Waals surface area contributed by atoms with Gasteiger partial charge in [0.2, 0.25) is 0 Å². The minimum atomic E-state index is -0.534. The summed E-state index contributed by atoms with van der Waals surface area (Å²) in [5.74, 6) is -0.534. The molecule has 8 heteroatoms. The largest absolute Gasteiger partial charge is 0.297 e. The summed E-state index contributed by atoms with van der Waals surface area (Å²) in [5, 5.41) is 20.9. The van der Waals surface area contributed by atoms with Crippen LogP contribution in [0, 0.1) is 11.3 Å². The van der Waals surface area contributed by atoms with Gasteiger partial charge in [0.1, 0.15) is 11.6 Å². The Labute approximate surface area is 245 Å². The number of rotatable bonds is 7. The number of hydrogen-bond donors (Lipinski definition) is 1. The van der Waals surface area contributed by atoms with Gasteiger partial charge in [-0.1, -0.05) is 84.4 Å². The smallest absolute Gasteiger partial charge is 0.268 e. The minimum absolute atomic E-state index is 0.0568. The van der Waals surface area contributed by atoms with Crippen LogP contribution in [-0.2, 0) is 11.2 Å². The molecule has 6 nitrogen and oxygen atoms in total. The van der Waals surface area contributed by atoms with E-state index in [4.69, 9.17) is 16.7 Å². The van der Waals surface area contributed by atoms with Gasteiger partial charge >= 0.3 is 0 Å². The first-order valence-corrected chi connectivity index (χ1v) is 14.0. The number of benzene rings is 4. The Balaban J connectivity index is 1.26. The third kappa shape index (κ3) is 5.80. The van der Waals surface area contributed by atoms with Gasteiger partial charge in [0.05, 0.1) is 11.4 Å². The van der Waals surface area contributed by atoms with E-state index in [2.05, 4.69) is 34.6 Å². The van der Waals surface area contributed by atoms with Gasteiger partial charge in [-0.3, -0.25) is 10.1 Å².